The summed E-state index contributed by atoms with van der Waals surface area (Å²) in [6.45, 7) is 8.29. The molecular formula is C7H15N. The smallest absolute Gasteiger partial charge is 0.00137 e. The molecule has 0 saturated heterocycles. The van der Waals surface area contributed by atoms with Gasteiger partial charge in [0.15, 0.2) is 0 Å². The summed E-state index contributed by atoms with van der Waals surface area (Å²) in [6, 6.07) is 0. The van der Waals surface area contributed by atoms with Gasteiger partial charge in [0, 0.05) is 5.70 Å². The Morgan fingerprint density at radius 2 is 1.75 bits per heavy atom. The van der Waals surface area contributed by atoms with Crippen LogP contribution < -0.4 is 5.73 Å². The van der Waals surface area contributed by atoms with E-state index in [2.05, 4.69) is 20.8 Å². The third-order valence-electron chi connectivity index (χ3n) is 0.661. The molecule has 48 valence electrons. The van der Waals surface area contributed by atoms with E-state index >= 15 is 0 Å². The van der Waals surface area contributed by atoms with Crippen LogP contribution in [0.1, 0.15) is 27.7 Å². The van der Waals surface area contributed by atoms with Crippen LogP contribution in [0.3, 0.4) is 0 Å². The monoisotopic (exact) mass is 113 g/mol. The van der Waals surface area contributed by atoms with E-state index in [9.17, 15) is 0 Å². The second-order valence-corrected chi connectivity index (χ2v) is 3.25. The predicted octanol–water partition coefficient (Wildman–Crippen LogP) is 1.90. The summed E-state index contributed by atoms with van der Waals surface area (Å²) in [6.07, 6.45) is 2.05. The van der Waals surface area contributed by atoms with Crippen LogP contribution in [-0.4, -0.2) is 0 Å². The van der Waals surface area contributed by atoms with E-state index < -0.39 is 0 Å². The van der Waals surface area contributed by atoms with E-state index in [1.807, 2.05) is 13.0 Å². The van der Waals surface area contributed by atoms with Gasteiger partial charge in [-0.2, -0.15) is 0 Å². The van der Waals surface area contributed by atoms with Crippen molar-refractivity contribution in [2.45, 2.75) is 27.7 Å². The van der Waals surface area contributed by atoms with E-state index in [0.29, 0.717) is 0 Å². The molecule has 0 spiro atoms. The third-order valence-corrected chi connectivity index (χ3v) is 0.661. The topological polar surface area (TPSA) is 26.0 Å². The Balaban J connectivity index is 3.89. The molecule has 0 aliphatic rings. The maximum atomic E-state index is 5.44. The van der Waals surface area contributed by atoms with Gasteiger partial charge >= 0.3 is 0 Å². The first-order valence-electron chi connectivity index (χ1n) is 2.87. The number of rotatable bonds is 0. The van der Waals surface area contributed by atoms with Crippen molar-refractivity contribution in [1.82, 2.24) is 0 Å². The van der Waals surface area contributed by atoms with E-state index in [-0.39, 0.29) is 5.41 Å². The SMILES string of the molecule is C/C(N)=C/C(C)(C)C. The first kappa shape index (κ1) is 7.54. The second kappa shape index (κ2) is 2.21. The van der Waals surface area contributed by atoms with Gasteiger partial charge in [0.1, 0.15) is 0 Å². The fourth-order valence-corrected chi connectivity index (χ4v) is 0.683. The molecule has 0 unspecified atom stereocenters. The van der Waals surface area contributed by atoms with Gasteiger partial charge in [-0.15, -0.1) is 0 Å². The minimum atomic E-state index is 0.235. The fraction of sp³-hybridized carbons (Fsp3) is 0.714. The van der Waals surface area contributed by atoms with Crippen LogP contribution in [0.15, 0.2) is 11.8 Å². The molecule has 2 N–H and O–H groups in total. The van der Waals surface area contributed by atoms with Gasteiger partial charge in [-0.05, 0) is 12.3 Å². The summed E-state index contributed by atoms with van der Waals surface area (Å²) < 4.78 is 0. The van der Waals surface area contributed by atoms with Crippen molar-refractivity contribution in [2.75, 3.05) is 0 Å². The van der Waals surface area contributed by atoms with Gasteiger partial charge < -0.3 is 5.73 Å². The first-order valence-corrected chi connectivity index (χ1v) is 2.87. The highest BCUT2D eigenvalue weighted by atomic mass is 14.5. The van der Waals surface area contributed by atoms with Crippen molar-refractivity contribution >= 4 is 0 Å². The molecule has 0 bridgehead atoms. The lowest BCUT2D eigenvalue weighted by molar-refractivity contribution is 0.539. The molecule has 0 aliphatic carbocycles. The predicted molar refractivity (Wildman–Crippen MR) is 37.4 cm³/mol. The van der Waals surface area contributed by atoms with Crippen molar-refractivity contribution in [3.05, 3.63) is 11.8 Å². The summed E-state index contributed by atoms with van der Waals surface area (Å²) >= 11 is 0. The van der Waals surface area contributed by atoms with Crippen molar-refractivity contribution in [2.24, 2.45) is 11.1 Å². The molecule has 0 saturated carbocycles. The minimum Gasteiger partial charge on any atom is -0.403 e. The van der Waals surface area contributed by atoms with Gasteiger partial charge in [-0.25, -0.2) is 0 Å². The number of nitrogens with two attached hydrogens (primary N) is 1. The minimum absolute atomic E-state index is 0.235. The molecule has 0 radical (unpaired) electrons. The number of hydrogen-bond acceptors (Lipinski definition) is 1. The molecule has 1 heteroatoms. The fourth-order valence-electron chi connectivity index (χ4n) is 0.683. The van der Waals surface area contributed by atoms with Gasteiger partial charge in [-0.1, -0.05) is 26.8 Å². The third kappa shape index (κ3) is 5.54. The molecule has 8 heavy (non-hydrogen) atoms. The summed E-state index contributed by atoms with van der Waals surface area (Å²) in [7, 11) is 0. The Morgan fingerprint density at radius 1 is 1.38 bits per heavy atom. The summed E-state index contributed by atoms with van der Waals surface area (Å²) in [5.74, 6) is 0. The molecule has 0 atom stereocenters. The van der Waals surface area contributed by atoms with Crippen molar-refractivity contribution < 1.29 is 0 Å². The highest BCUT2D eigenvalue weighted by Gasteiger charge is 2.03. The number of hydrogen-bond donors (Lipinski definition) is 1. The van der Waals surface area contributed by atoms with Crippen LogP contribution in [0.25, 0.3) is 0 Å². The van der Waals surface area contributed by atoms with Crippen molar-refractivity contribution in [3.63, 3.8) is 0 Å². The van der Waals surface area contributed by atoms with E-state index in [1.165, 1.54) is 0 Å². The van der Waals surface area contributed by atoms with Crippen LogP contribution >= 0.6 is 0 Å². The molecule has 0 aliphatic heterocycles. The zero-order valence-electron chi connectivity index (χ0n) is 6.15. The maximum Gasteiger partial charge on any atom is 0.00137 e. The highest BCUT2D eigenvalue weighted by molar-refractivity contribution is 4.98. The van der Waals surface area contributed by atoms with Crippen LogP contribution in [-0.2, 0) is 0 Å². The van der Waals surface area contributed by atoms with E-state index in [4.69, 9.17) is 5.73 Å². The normalized spacial score (nSPS) is 14.2. The molecule has 0 aromatic carbocycles. The first-order chi connectivity index (χ1) is 3.42. The lowest BCUT2D eigenvalue weighted by atomic mass is 9.96. The molecule has 0 rings (SSSR count). The largest absolute Gasteiger partial charge is 0.403 e. The molecule has 0 heterocycles. The summed E-state index contributed by atoms with van der Waals surface area (Å²) in [5.41, 5.74) is 6.58. The average molecular weight is 113 g/mol. The number of allylic oxidation sites excluding steroid dienone is 2. The molecule has 0 aromatic rings. The van der Waals surface area contributed by atoms with E-state index in [0.717, 1.165) is 5.70 Å². The summed E-state index contributed by atoms with van der Waals surface area (Å²) in [4.78, 5) is 0. The van der Waals surface area contributed by atoms with Crippen LogP contribution in [0.5, 0.6) is 0 Å². The van der Waals surface area contributed by atoms with Crippen molar-refractivity contribution in [1.29, 1.82) is 0 Å². The van der Waals surface area contributed by atoms with Crippen LogP contribution in [0.4, 0.5) is 0 Å². The van der Waals surface area contributed by atoms with Gasteiger partial charge in [0.05, 0.1) is 0 Å². The Bertz CT molecular complexity index is 91.4. The zero-order valence-corrected chi connectivity index (χ0v) is 6.15. The molecule has 0 aromatic heterocycles. The van der Waals surface area contributed by atoms with E-state index in [1.54, 1.807) is 0 Å². The van der Waals surface area contributed by atoms with Crippen LogP contribution in [0.2, 0.25) is 0 Å². The standard InChI is InChI=1S/C7H15N/c1-6(8)5-7(2,3)4/h5H,8H2,1-4H3/b6-5-. The lowest BCUT2D eigenvalue weighted by Gasteiger charge is -2.11. The van der Waals surface area contributed by atoms with Gasteiger partial charge in [0.2, 0.25) is 0 Å². The van der Waals surface area contributed by atoms with Crippen LogP contribution in [0, 0.1) is 5.41 Å². The summed E-state index contributed by atoms with van der Waals surface area (Å²) in [5, 5.41) is 0. The zero-order chi connectivity index (χ0) is 6.78. The Labute approximate surface area is 51.6 Å². The average Bonchev–Trinajstić information content (AvgIpc) is 1.21. The van der Waals surface area contributed by atoms with Gasteiger partial charge in [0.25, 0.3) is 0 Å². The van der Waals surface area contributed by atoms with Gasteiger partial charge in [-0.3, -0.25) is 0 Å². The van der Waals surface area contributed by atoms with Crippen molar-refractivity contribution in [3.8, 4) is 0 Å². The molecular weight excluding hydrogens is 98.1 g/mol. The second-order valence-electron chi connectivity index (χ2n) is 3.25. The maximum absolute atomic E-state index is 5.44. The Morgan fingerprint density at radius 3 is 1.75 bits per heavy atom. The quantitative estimate of drug-likeness (QED) is 0.510. The molecule has 0 amide bonds. The Hall–Kier alpha value is -0.460. The highest BCUT2D eigenvalue weighted by Crippen LogP contribution is 2.15. The molecule has 1 nitrogen and oxygen atoms in total. The molecule has 0 fully saturated rings. The Kier molecular flexibility index (Phi) is 2.08. The lowest BCUT2D eigenvalue weighted by Crippen LogP contribution is -2.03.